The van der Waals surface area contributed by atoms with E-state index in [4.69, 9.17) is 4.74 Å². The van der Waals surface area contributed by atoms with Crippen LogP contribution in [0.2, 0.25) is 0 Å². The molecule has 0 radical (unpaired) electrons. The SMILES string of the molecule is COc1ccc(-n2cccn2)c(CN2CCC3(CCCN(C)C3=O)C2)c1. The second kappa shape index (κ2) is 6.76. The quantitative estimate of drug-likeness (QED) is 0.846. The van der Waals surface area contributed by atoms with Crippen molar-refractivity contribution in [2.45, 2.75) is 25.8 Å². The summed E-state index contributed by atoms with van der Waals surface area (Å²) in [4.78, 5) is 17.1. The molecule has 1 amide bonds. The largest absolute Gasteiger partial charge is 0.497 e. The van der Waals surface area contributed by atoms with E-state index in [2.05, 4.69) is 16.1 Å². The van der Waals surface area contributed by atoms with Gasteiger partial charge in [-0.15, -0.1) is 0 Å². The lowest BCUT2D eigenvalue weighted by Crippen LogP contribution is -2.48. The normalized spacial score (nSPS) is 23.8. The Labute approximate surface area is 154 Å². The number of aromatic nitrogens is 2. The summed E-state index contributed by atoms with van der Waals surface area (Å²) in [6.45, 7) is 3.48. The van der Waals surface area contributed by atoms with E-state index >= 15 is 0 Å². The van der Waals surface area contributed by atoms with Gasteiger partial charge in [0.1, 0.15) is 5.75 Å². The lowest BCUT2D eigenvalue weighted by molar-refractivity contribution is -0.143. The molecule has 2 saturated heterocycles. The molecule has 2 fully saturated rings. The monoisotopic (exact) mass is 354 g/mol. The Hall–Kier alpha value is -2.34. The first-order valence-corrected chi connectivity index (χ1v) is 9.26. The van der Waals surface area contributed by atoms with Gasteiger partial charge in [-0.25, -0.2) is 4.68 Å². The fourth-order valence-corrected chi connectivity index (χ4v) is 4.43. The number of hydrogen-bond acceptors (Lipinski definition) is 4. The van der Waals surface area contributed by atoms with Crippen LogP contribution in [0.3, 0.4) is 0 Å². The molecule has 138 valence electrons. The van der Waals surface area contributed by atoms with Gasteiger partial charge < -0.3 is 9.64 Å². The fraction of sp³-hybridized carbons (Fsp3) is 0.500. The third kappa shape index (κ3) is 2.98. The third-order valence-electron chi connectivity index (χ3n) is 5.81. The van der Waals surface area contributed by atoms with Crippen molar-refractivity contribution in [2.75, 3.05) is 33.8 Å². The third-order valence-corrected chi connectivity index (χ3v) is 5.81. The van der Waals surface area contributed by atoms with Crippen LogP contribution in [0.5, 0.6) is 5.75 Å². The van der Waals surface area contributed by atoms with Crippen LogP contribution in [0.25, 0.3) is 5.69 Å². The zero-order valence-electron chi connectivity index (χ0n) is 15.5. The van der Waals surface area contributed by atoms with Crippen LogP contribution in [-0.2, 0) is 11.3 Å². The Morgan fingerprint density at radius 2 is 2.15 bits per heavy atom. The Morgan fingerprint density at radius 3 is 2.92 bits per heavy atom. The summed E-state index contributed by atoms with van der Waals surface area (Å²) in [5.74, 6) is 1.17. The number of methoxy groups -OCH3 is 1. The summed E-state index contributed by atoms with van der Waals surface area (Å²) in [5, 5.41) is 4.38. The first kappa shape index (κ1) is 17.1. The van der Waals surface area contributed by atoms with E-state index in [0.29, 0.717) is 5.91 Å². The van der Waals surface area contributed by atoms with Crippen LogP contribution in [0.4, 0.5) is 0 Å². The van der Waals surface area contributed by atoms with Gasteiger partial charge in [-0.1, -0.05) is 0 Å². The molecular weight excluding hydrogens is 328 g/mol. The van der Waals surface area contributed by atoms with Crippen LogP contribution in [0, 0.1) is 5.41 Å². The lowest BCUT2D eigenvalue weighted by Gasteiger charge is -2.37. The van der Waals surface area contributed by atoms with Gasteiger partial charge in [0.15, 0.2) is 0 Å². The second-order valence-electron chi connectivity index (χ2n) is 7.52. The van der Waals surface area contributed by atoms with Crippen LogP contribution in [0.15, 0.2) is 36.7 Å². The van der Waals surface area contributed by atoms with Gasteiger partial charge in [0.2, 0.25) is 5.91 Å². The van der Waals surface area contributed by atoms with E-state index in [1.165, 1.54) is 5.56 Å². The summed E-state index contributed by atoms with van der Waals surface area (Å²) in [6.07, 6.45) is 6.81. The number of carbonyl (C=O) groups is 1. The van der Waals surface area contributed by atoms with Gasteiger partial charge >= 0.3 is 0 Å². The van der Waals surface area contributed by atoms with E-state index in [-0.39, 0.29) is 5.41 Å². The molecule has 0 bridgehead atoms. The topological polar surface area (TPSA) is 50.6 Å². The summed E-state index contributed by atoms with van der Waals surface area (Å²) in [7, 11) is 3.62. The molecule has 2 aliphatic heterocycles. The van der Waals surface area contributed by atoms with Crippen molar-refractivity contribution < 1.29 is 9.53 Å². The number of likely N-dealkylation sites (tertiary alicyclic amines) is 2. The van der Waals surface area contributed by atoms with Gasteiger partial charge in [-0.2, -0.15) is 5.10 Å². The van der Waals surface area contributed by atoms with Crippen molar-refractivity contribution in [3.05, 3.63) is 42.2 Å². The molecule has 1 aromatic heterocycles. The summed E-state index contributed by atoms with van der Waals surface area (Å²) < 4.78 is 7.31. The Balaban J connectivity index is 1.57. The van der Waals surface area contributed by atoms with Crippen molar-refractivity contribution in [1.82, 2.24) is 19.6 Å². The molecule has 0 N–H and O–H groups in total. The predicted octanol–water partition coefficient (Wildman–Crippen LogP) is 2.33. The number of piperidine rings is 1. The number of carbonyl (C=O) groups excluding carboxylic acids is 1. The minimum atomic E-state index is -0.183. The van der Waals surface area contributed by atoms with Gasteiger partial charge in [-0.05, 0) is 55.6 Å². The van der Waals surface area contributed by atoms with Crippen molar-refractivity contribution in [1.29, 1.82) is 0 Å². The molecule has 1 unspecified atom stereocenters. The number of amides is 1. The predicted molar refractivity (Wildman–Crippen MR) is 99.3 cm³/mol. The average Bonchev–Trinajstić information content (AvgIpc) is 3.31. The maximum Gasteiger partial charge on any atom is 0.229 e. The minimum Gasteiger partial charge on any atom is -0.497 e. The van der Waals surface area contributed by atoms with E-state index in [9.17, 15) is 4.79 Å². The fourth-order valence-electron chi connectivity index (χ4n) is 4.43. The maximum absolute atomic E-state index is 12.8. The van der Waals surface area contributed by atoms with E-state index < -0.39 is 0 Å². The first-order valence-electron chi connectivity index (χ1n) is 9.26. The molecule has 1 aromatic carbocycles. The molecule has 2 aliphatic rings. The van der Waals surface area contributed by atoms with E-state index in [1.54, 1.807) is 13.3 Å². The first-order chi connectivity index (χ1) is 12.6. The molecular formula is C20H26N4O2. The molecule has 2 aromatic rings. The Bertz CT molecular complexity index is 789. The minimum absolute atomic E-state index is 0.183. The highest BCUT2D eigenvalue weighted by molar-refractivity contribution is 5.83. The molecule has 26 heavy (non-hydrogen) atoms. The van der Waals surface area contributed by atoms with E-state index in [1.807, 2.05) is 41.0 Å². The van der Waals surface area contributed by atoms with Crippen molar-refractivity contribution >= 4 is 5.91 Å². The Kier molecular flexibility index (Phi) is 4.44. The summed E-state index contributed by atoms with van der Waals surface area (Å²) >= 11 is 0. The van der Waals surface area contributed by atoms with Crippen molar-refractivity contribution in [3.63, 3.8) is 0 Å². The zero-order valence-corrected chi connectivity index (χ0v) is 15.5. The number of hydrogen-bond donors (Lipinski definition) is 0. The molecule has 6 heteroatoms. The molecule has 6 nitrogen and oxygen atoms in total. The maximum atomic E-state index is 12.8. The molecule has 3 heterocycles. The number of benzene rings is 1. The van der Waals surface area contributed by atoms with Crippen molar-refractivity contribution in [2.24, 2.45) is 5.41 Å². The van der Waals surface area contributed by atoms with Crippen LogP contribution < -0.4 is 4.74 Å². The van der Waals surface area contributed by atoms with Gasteiger partial charge in [0.25, 0.3) is 0 Å². The molecule has 0 aliphatic carbocycles. The van der Waals surface area contributed by atoms with Gasteiger partial charge in [0.05, 0.1) is 18.2 Å². The number of rotatable bonds is 4. The standard InChI is InChI=1S/C20H26N4O2/c1-22-10-3-7-20(19(22)25)8-12-23(15-20)14-16-13-17(26-2)5-6-18(16)24-11-4-9-21-24/h4-6,9,11,13H,3,7-8,10,12,14-15H2,1-2H3. The highest BCUT2D eigenvalue weighted by Crippen LogP contribution is 2.40. The smallest absolute Gasteiger partial charge is 0.229 e. The number of nitrogens with zero attached hydrogens (tertiary/aromatic N) is 4. The van der Waals surface area contributed by atoms with Crippen LogP contribution >= 0.6 is 0 Å². The molecule has 1 spiro atoms. The molecule has 1 atom stereocenters. The van der Waals surface area contributed by atoms with E-state index in [0.717, 1.165) is 56.9 Å². The summed E-state index contributed by atoms with van der Waals surface area (Å²) in [6, 6.07) is 8.02. The number of ether oxygens (including phenoxy) is 1. The lowest BCUT2D eigenvalue weighted by atomic mass is 9.78. The van der Waals surface area contributed by atoms with Crippen LogP contribution in [-0.4, -0.2) is 59.3 Å². The molecule has 4 rings (SSSR count). The molecule has 0 saturated carbocycles. The van der Waals surface area contributed by atoms with Gasteiger partial charge in [0, 0.05) is 39.1 Å². The second-order valence-corrected chi connectivity index (χ2v) is 7.52. The van der Waals surface area contributed by atoms with Crippen molar-refractivity contribution in [3.8, 4) is 11.4 Å². The average molecular weight is 354 g/mol. The highest BCUT2D eigenvalue weighted by Gasteiger charge is 2.47. The zero-order chi connectivity index (χ0) is 18.1. The Morgan fingerprint density at radius 1 is 1.27 bits per heavy atom. The van der Waals surface area contributed by atoms with Crippen LogP contribution in [0.1, 0.15) is 24.8 Å². The summed E-state index contributed by atoms with van der Waals surface area (Å²) in [5.41, 5.74) is 2.04. The highest BCUT2D eigenvalue weighted by atomic mass is 16.5. The van der Waals surface area contributed by atoms with Gasteiger partial charge in [-0.3, -0.25) is 9.69 Å².